The van der Waals surface area contributed by atoms with E-state index in [1.165, 1.54) is 11.0 Å². The molecule has 5 heteroatoms. The molecular formula is C16H16N2O3. The van der Waals surface area contributed by atoms with Crippen LogP contribution in [0.1, 0.15) is 15.9 Å². The third kappa shape index (κ3) is 3.82. The number of rotatable bonds is 4. The Morgan fingerprint density at radius 2 is 1.81 bits per heavy atom. The lowest BCUT2D eigenvalue weighted by Gasteiger charge is -2.18. The molecule has 0 heterocycles. The zero-order valence-corrected chi connectivity index (χ0v) is 11.6. The molecule has 5 nitrogen and oxygen atoms in total. The van der Waals surface area contributed by atoms with Crippen LogP contribution < -0.4 is 10.2 Å². The van der Waals surface area contributed by atoms with Crippen molar-refractivity contribution in [2.75, 3.05) is 11.9 Å². The van der Waals surface area contributed by atoms with Crippen molar-refractivity contribution in [1.29, 1.82) is 0 Å². The molecular weight excluding hydrogens is 268 g/mol. The largest absolute Gasteiger partial charge is 0.478 e. The number of aromatic carboxylic acids is 1. The van der Waals surface area contributed by atoms with Crippen molar-refractivity contribution >= 4 is 17.7 Å². The van der Waals surface area contributed by atoms with Crippen molar-refractivity contribution in [3.63, 3.8) is 0 Å². The fourth-order valence-corrected chi connectivity index (χ4v) is 1.88. The van der Waals surface area contributed by atoms with Crippen LogP contribution in [0.2, 0.25) is 0 Å². The summed E-state index contributed by atoms with van der Waals surface area (Å²) in [6, 6.07) is 15.5. The molecule has 0 aromatic heterocycles. The summed E-state index contributed by atoms with van der Waals surface area (Å²) in [5.41, 5.74) is 1.73. The molecule has 0 saturated heterocycles. The van der Waals surface area contributed by atoms with Gasteiger partial charge in [-0.05, 0) is 29.8 Å². The molecule has 0 spiro atoms. The fourth-order valence-electron chi connectivity index (χ4n) is 1.88. The first-order valence-electron chi connectivity index (χ1n) is 6.47. The van der Waals surface area contributed by atoms with Gasteiger partial charge in [-0.3, -0.25) is 4.90 Å². The van der Waals surface area contributed by atoms with E-state index in [0.717, 1.165) is 11.3 Å². The van der Waals surface area contributed by atoms with Gasteiger partial charge in [0, 0.05) is 19.3 Å². The molecule has 0 unspecified atom stereocenters. The Hall–Kier alpha value is -2.82. The van der Waals surface area contributed by atoms with Crippen LogP contribution in [0.5, 0.6) is 0 Å². The van der Waals surface area contributed by atoms with Gasteiger partial charge in [0.2, 0.25) is 0 Å². The minimum atomic E-state index is -0.982. The van der Waals surface area contributed by atoms with Crippen LogP contribution >= 0.6 is 0 Å². The van der Waals surface area contributed by atoms with Gasteiger partial charge >= 0.3 is 12.0 Å². The molecule has 108 valence electrons. The normalized spacial score (nSPS) is 9.95. The second-order valence-corrected chi connectivity index (χ2v) is 4.56. The Kier molecular flexibility index (Phi) is 4.56. The number of amides is 2. The van der Waals surface area contributed by atoms with Crippen molar-refractivity contribution in [3.8, 4) is 0 Å². The number of para-hydroxylation sites is 1. The number of nitrogens with one attached hydrogen (secondary N) is 1. The predicted molar refractivity (Wildman–Crippen MR) is 80.5 cm³/mol. The summed E-state index contributed by atoms with van der Waals surface area (Å²) < 4.78 is 0. The fraction of sp³-hybridized carbons (Fsp3) is 0.125. The van der Waals surface area contributed by atoms with Crippen molar-refractivity contribution in [2.24, 2.45) is 0 Å². The molecule has 2 N–H and O–H groups in total. The van der Waals surface area contributed by atoms with Crippen LogP contribution in [-0.4, -0.2) is 24.2 Å². The van der Waals surface area contributed by atoms with Crippen molar-refractivity contribution < 1.29 is 14.7 Å². The third-order valence-electron chi connectivity index (χ3n) is 3.07. The lowest BCUT2D eigenvalue weighted by molar-refractivity contribution is 0.0696. The number of urea groups is 1. The maximum Gasteiger partial charge on any atom is 0.335 e. The van der Waals surface area contributed by atoms with E-state index < -0.39 is 5.97 Å². The van der Waals surface area contributed by atoms with Gasteiger partial charge in [-0.1, -0.05) is 30.3 Å². The van der Waals surface area contributed by atoms with E-state index in [4.69, 9.17) is 5.11 Å². The predicted octanol–water partition coefficient (Wildman–Crippen LogP) is 2.73. The van der Waals surface area contributed by atoms with Crippen molar-refractivity contribution in [3.05, 3.63) is 65.7 Å². The highest BCUT2D eigenvalue weighted by molar-refractivity contribution is 5.91. The molecule has 21 heavy (non-hydrogen) atoms. The van der Waals surface area contributed by atoms with Gasteiger partial charge < -0.3 is 10.4 Å². The molecule has 0 bridgehead atoms. The molecule has 2 aromatic rings. The van der Waals surface area contributed by atoms with E-state index in [2.05, 4.69) is 5.32 Å². The highest BCUT2D eigenvalue weighted by Crippen LogP contribution is 2.11. The number of anilines is 1. The number of hydrogen-bond donors (Lipinski definition) is 2. The Bertz CT molecular complexity index is 641. The molecule has 0 aliphatic carbocycles. The molecule has 2 aromatic carbocycles. The minimum absolute atomic E-state index is 0.207. The molecule has 0 fully saturated rings. The van der Waals surface area contributed by atoms with Crippen LogP contribution in [0.15, 0.2) is 54.6 Å². The summed E-state index contributed by atoms with van der Waals surface area (Å²) in [4.78, 5) is 24.4. The van der Waals surface area contributed by atoms with Crippen LogP contribution in [0.4, 0.5) is 10.5 Å². The van der Waals surface area contributed by atoms with Gasteiger partial charge in [-0.2, -0.15) is 0 Å². The zero-order chi connectivity index (χ0) is 15.2. The molecule has 0 atom stereocenters. The molecule has 0 saturated carbocycles. The van der Waals surface area contributed by atoms with Gasteiger partial charge in [0.1, 0.15) is 0 Å². The second-order valence-electron chi connectivity index (χ2n) is 4.56. The average Bonchev–Trinajstić information content (AvgIpc) is 2.53. The monoisotopic (exact) mass is 284 g/mol. The van der Waals surface area contributed by atoms with Gasteiger partial charge in [-0.15, -0.1) is 0 Å². The average molecular weight is 284 g/mol. The van der Waals surface area contributed by atoms with E-state index in [1.54, 1.807) is 25.2 Å². The summed E-state index contributed by atoms with van der Waals surface area (Å²) in [6.45, 7) is 0.275. The molecule has 2 rings (SSSR count). The van der Waals surface area contributed by atoms with Gasteiger partial charge in [0.15, 0.2) is 0 Å². The maximum atomic E-state index is 12.0. The molecule has 0 aliphatic heterocycles. The Morgan fingerprint density at radius 3 is 2.48 bits per heavy atom. The van der Waals surface area contributed by atoms with Crippen LogP contribution in [0, 0.1) is 0 Å². The highest BCUT2D eigenvalue weighted by atomic mass is 16.4. The quantitative estimate of drug-likeness (QED) is 0.907. The Labute approximate surface area is 122 Å². The van der Waals surface area contributed by atoms with Gasteiger partial charge in [0.05, 0.1) is 5.56 Å². The lowest BCUT2D eigenvalue weighted by Crippen LogP contribution is -2.36. The number of benzene rings is 2. The summed E-state index contributed by atoms with van der Waals surface area (Å²) in [7, 11) is 1.68. The number of carboxylic acids is 1. The Balaban J connectivity index is 1.98. The SMILES string of the molecule is CN(C(=O)NCc1cccc(C(=O)O)c1)c1ccccc1. The lowest BCUT2D eigenvalue weighted by atomic mass is 10.1. The standard InChI is InChI=1S/C16H16N2O3/c1-18(14-8-3-2-4-9-14)16(21)17-11-12-6-5-7-13(10-12)15(19)20/h2-10H,11H2,1H3,(H,17,21)(H,19,20). The van der Waals surface area contributed by atoms with E-state index in [9.17, 15) is 9.59 Å². The summed E-state index contributed by atoms with van der Waals surface area (Å²) in [6.07, 6.45) is 0. The van der Waals surface area contributed by atoms with Crippen molar-refractivity contribution in [2.45, 2.75) is 6.54 Å². The number of carbonyl (C=O) groups is 2. The number of hydrogen-bond acceptors (Lipinski definition) is 2. The van der Waals surface area contributed by atoms with E-state index >= 15 is 0 Å². The topological polar surface area (TPSA) is 69.6 Å². The van der Waals surface area contributed by atoms with E-state index in [0.29, 0.717) is 0 Å². The third-order valence-corrected chi connectivity index (χ3v) is 3.07. The molecule has 0 aliphatic rings. The van der Waals surface area contributed by atoms with Crippen LogP contribution in [0.25, 0.3) is 0 Å². The molecule has 2 amide bonds. The van der Waals surface area contributed by atoms with Crippen molar-refractivity contribution in [1.82, 2.24) is 5.32 Å². The Morgan fingerprint density at radius 1 is 1.10 bits per heavy atom. The van der Waals surface area contributed by atoms with E-state index in [-0.39, 0.29) is 18.1 Å². The first-order valence-corrected chi connectivity index (χ1v) is 6.47. The highest BCUT2D eigenvalue weighted by Gasteiger charge is 2.10. The number of carboxylic acid groups (broad SMARTS) is 1. The van der Waals surface area contributed by atoms with Gasteiger partial charge in [0.25, 0.3) is 0 Å². The zero-order valence-electron chi connectivity index (χ0n) is 11.6. The van der Waals surface area contributed by atoms with Gasteiger partial charge in [-0.25, -0.2) is 9.59 Å². The van der Waals surface area contributed by atoms with Crippen LogP contribution in [-0.2, 0) is 6.54 Å². The maximum absolute atomic E-state index is 12.0. The number of nitrogens with zero attached hydrogens (tertiary/aromatic N) is 1. The first-order chi connectivity index (χ1) is 10.1. The second kappa shape index (κ2) is 6.56. The summed E-state index contributed by atoms with van der Waals surface area (Å²) in [5, 5.41) is 11.7. The number of carbonyl (C=O) groups excluding carboxylic acids is 1. The summed E-state index contributed by atoms with van der Waals surface area (Å²) >= 11 is 0. The first kappa shape index (κ1) is 14.6. The van der Waals surface area contributed by atoms with Crippen LogP contribution in [0.3, 0.4) is 0 Å². The minimum Gasteiger partial charge on any atom is -0.478 e. The smallest absolute Gasteiger partial charge is 0.335 e. The molecule has 0 radical (unpaired) electrons. The summed E-state index contributed by atoms with van der Waals surface area (Å²) in [5.74, 6) is -0.982. The van der Waals surface area contributed by atoms with E-state index in [1.807, 2.05) is 30.3 Å².